The number of phenolic OH excluding ortho intramolecular Hbond substituents is 1. The van der Waals surface area contributed by atoms with E-state index in [1.807, 2.05) is 10.8 Å². The quantitative estimate of drug-likeness (QED) is 0.569. The Bertz CT molecular complexity index is 355. The number of nitrogens with one attached hydrogen (secondary N) is 1. The van der Waals surface area contributed by atoms with Crippen molar-refractivity contribution in [2.24, 2.45) is 0 Å². The molecule has 2 N–H and O–H groups in total. The van der Waals surface area contributed by atoms with Gasteiger partial charge in [0.15, 0.2) is 0 Å². The van der Waals surface area contributed by atoms with E-state index in [2.05, 4.69) is 12.2 Å². The minimum atomic E-state index is 0.0294. The van der Waals surface area contributed by atoms with E-state index in [0.29, 0.717) is 13.0 Å². The summed E-state index contributed by atoms with van der Waals surface area (Å²) in [6.45, 7) is 2.87. The number of phenols is 1. The molecule has 0 heterocycles. The minimum absolute atomic E-state index is 0.0294. The molecule has 0 saturated carbocycles. The molecule has 1 rings (SSSR count). The van der Waals surface area contributed by atoms with Crippen LogP contribution in [-0.2, 0) is 11.2 Å². The van der Waals surface area contributed by atoms with E-state index in [1.54, 1.807) is 35.1 Å². The Hall–Kier alpha value is -0.810. The van der Waals surface area contributed by atoms with Crippen LogP contribution in [0.3, 0.4) is 0 Å². The molecule has 1 amide bonds. The second kappa shape index (κ2) is 9.16. The third kappa shape index (κ3) is 6.81. The summed E-state index contributed by atoms with van der Waals surface area (Å²) in [5, 5.41) is 12.0. The van der Waals surface area contributed by atoms with E-state index in [-0.39, 0.29) is 11.7 Å². The van der Waals surface area contributed by atoms with Gasteiger partial charge in [-0.25, -0.2) is 0 Å². The Balaban J connectivity index is 2.12. The van der Waals surface area contributed by atoms with E-state index in [0.717, 1.165) is 17.1 Å². The lowest BCUT2D eigenvalue weighted by atomic mass is 10.1. The molecule has 100 valence electrons. The molecule has 0 aliphatic carbocycles. The largest absolute Gasteiger partial charge is 0.508 e. The molecule has 1 aromatic rings. The number of hydrogen-bond donors (Lipinski definition) is 2. The molecule has 5 heteroatoms. The van der Waals surface area contributed by atoms with Crippen molar-refractivity contribution >= 4 is 27.5 Å². The topological polar surface area (TPSA) is 49.3 Å². The van der Waals surface area contributed by atoms with Crippen LogP contribution < -0.4 is 5.32 Å². The van der Waals surface area contributed by atoms with Gasteiger partial charge in [-0.2, -0.15) is 0 Å². The van der Waals surface area contributed by atoms with Crippen LogP contribution in [0.5, 0.6) is 5.75 Å². The van der Waals surface area contributed by atoms with Gasteiger partial charge in [-0.1, -0.05) is 40.6 Å². The van der Waals surface area contributed by atoms with Crippen molar-refractivity contribution in [2.75, 3.05) is 18.1 Å². The monoisotopic (exact) mass is 285 g/mol. The summed E-state index contributed by atoms with van der Waals surface area (Å²) in [5.41, 5.74) is 0.915. The second-order valence-corrected chi connectivity index (χ2v) is 6.54. The van der Waals surface area contributed by atoms with Crippen LogP contribution in [0.2, 0.25) is 0 Å². The van der Waals surface area contributed by atoms with Crippen LogP contribution >= 0.6 is 21.6 Å². The van der Waals surface area contributed by atoms with Crippen molar-refractivity contribution in [2.45, 2.75) is 19.8 Å². The van der Waals surface area contributed by atoms with Gasteiger partial charge in [0.2, 0.25) is 5.91 Å². The van der Waals surface area contributed by atoms with Gasteiger partial charge in [0, 0.05) is 18.1 Å². The first-order valence-corrected chi connectivity index (χ1v) is 8.50. The van der Waals surface area contributed by atoms with Crippen molar-refractivity contribution in [3.05, 3.63) is 29.8 Å². The molecule has 0 spiro atoms. The number of aromatic hydroxyl groups is 1. The molecule has 1 aromatic carbocycles. The Morgan fingerprint density at radius 3 is 2.56 bits per heavy atom. The molecule has 3 nitrogen and oxygen atoms in total. The third-order valence-electron chi connectivity index (χ3n) is 2.18. The van der Waals surface area contributed by atoms with Gasteiger partial charge < -0.3 is 10.4 Å². The first kappa shape index (κ1) is 15.2. The molecule has 0 fully saturated rings. The lowest BCUT2D eigenvalue weighted by molar-refractivity contribution is -0.120. The zero-order valence-electron chi connectivity index (χ0n) is 10.5. The van der Waals surface area contributed by atoms with Gasteiger partial charge in [0.1, 0.15) is 5.75 Å². The first-order valence-electron chi connectivity index (χ1n) is 6.01. The normalized spacial score (nSPS) is 10.3. The Morgan fingerprint density at radius 1 is 1.22 bits per heavy atom. The van der Waals surface area contributed by atoms with Crippen LogP contribution in [0.25, 0.3) is 0 Å². The zero-order chi connectivity index (χ0) is 13.2. The van der Waals surface area contributed by atoms with Crippen LogP contribution in [0, 0.1) is 0 Å². The highest BCUT2D eigenvalue weighted by atomic mass is 33.1. The fourth-order valence-electron chi connectivity index (χ4n) is 1.29. The van der Waals surface area contributed by atoms with Gasteiger partial charge in [0.25, 0.3) is 0 Å². The SMILES string of the molecule is CCCSSCCNC(=O)Cc1ccc(O)cc1. The number of carbonyl (C=O) groups excluding carboxylic acids is 1. The van der Waals surface area contributed by atoms with E-state index >= 15 is 0 Å². The number of amides is 1. The lowest BCUT2D eigenvalue weighted by Crippen LogP contribution is -2.27. The highest BCUT2D eigenvalue weighted by molar-refractivity contribution is 8.76. The predicted octanol–water partition coefficient (Wildman–Crippen LogP) is 2.84. The maximum atomic E-state index is 11.6. The average molecular weight is 285 g/mol. The molecule has 0 aromatic heterocycles. The van der Waals surface area contributed by atoms with E-state index in [4.69, 9.17) is 5.11 Å². The zero-order valence-corrected chi connectivity index (χ0v) is 12.1. The van der Waals surface area contributed by atoms with Crippen molar-refractivity contribution in [1.82, 2.24) is 5.32 Å². The first-order chi connectivity index (χ1) is 8.72. The summed E-state index contributed by atoms with van der Waals surface area (Å²) in [6, 6.07) is 6.72. The molecule has 0 atom stereocenters. The molecular formula is C13H19NO2S2. The van der Waals surface area contributed by atoms with Crippen molar-refractivity contribution in [3.63, 3.8) is 0 Å². The maximum absolute atomic E-state index is 11.6. The van der Waals surface area contributed by atoms with Crippen molar-refractivity contribution in [3.8, 4) is 5.75 Å². The highest BCUT2D eigenvalue weighted by Crippen LogP contribution is 2.20. The number of rotatable bonds is 8. The summed E-state index contributed by atoms with van der Waals surface area (Å²) in [6.07, 6.45) is 1.55. The van der Waals surface area contributed by atoms with Crippen molar-refractivity contribution in [1.29, 1.82) is 0 Å². The molecule has 0 aliphatic rings. The van der Waals surface area contributed by atoms with Crippen LogP contribution in [0.1, 0.15) is 18.9 Å². The molecule has 0 radical (unpaired) electrons. The maximum Gasteiger partial charge on any atom is 0.224 e. The smallest absolute Gasteiger partial charge is 0.224 e. The predicted molar refractivity (Wildman–Crippen MR) is 80.0 cm³/mol. The van der Waals surface area contributed by atoms with Crippen LogP contribution in [0.4, 0.5) is 0 Å². The molecule has 0 saturated heterocycles. The Labute approximate surface area is 116 Å². The molecule has 18 heavy (non-hydrogen) atoms. The molecule has 0 aliphatic heterocycles. The number of benzene rings is 1. The molecule has 0 bridgehead atoms. The number of hydrogen-bond acceptors (Lipinski definition) is 4. The lowest BCUT2D eigenvalue weighted by Gasteiger charge is -2.05. The van der Waals surface area contributed by atoms with Gasteiger partial charge in [-0.3, -0.25) is 4.79 Å². The van der Waals surface area contributed by atoms with Crippen LogP contribution in [-0.4, -0.2) is 29.1 Å². The summed E-state index contributed by atoms with van der Waals surface area (Å²) in [4.78, 5) is 11.6. The fraction of sp³-hybridized carbons (Fsp3) is 0.462. The fourth-order valence-corrected chi connectivity index (χ4v) is 3.34. The Morgan fingerprint density at radius 2 is 1.89 bits per heavy atom. The molecular weight excluding hydrogens is 266 g/mol. The second-order valence-electron chi connectivity index (χ2n) is 3.84. The molecule has 0 unspecified atom stereocenters. The average Bonchev–Trinajstić information content (AvgIpc) is 2.36. The van der Waals surface area contributed by atoms with E-state index < -0.39 is 0 Å². The summed E-state index contributed by atoms with van der Waals surface area (Å²) in [5.74, 6) is 2.35. The Kier molecular flexibility index (Phi) is 7.76. The van der Waals surface area contributed by atoms with Gasteiger partial charge in [-0.05, 0) is 24.1 Å². The third-order valence-corrected chi connectivity index (χ3v) is 4.79. The van der Waals surface area contributed by atoms with Gasteiger partial charge >= 0.3 is 0 Å². The van der Waals surface area contributed by atoms with Crippen molar-refractivity contribution < 1.29 is 9.90 Å². The summed E-state index contributed by atoms with van der Waals surface area (Å²) >= 11 is 0. The van der Waals surface area contributed by atoms with E-state index in [1.165, 1.54) is 6.42 Å². The van der Waals surface area contributed by atoms with E-state index in [9.17, 15) is 4.79 Å². The summed E-state index contributed by atoms with van der Waals surface area (Å²) in [7, 11) is 3.65. The van der Waals surface area contributed by atoms with Gasteiger partial charge in [0.05, 0.1) is 6.42 Å². The number of carbonyl (C=O) groups is 1. The van der Waals surface area contributed by atoms with Gasteiger partial charge in [-0.15, -0.1) is 0 Å². The minimum Gasteiger partial charge on any atom is -0.508 e. The standard InChI is InChI=1S/C13H19NO2S2/c1-2-8-17-18-9-7-14-13(16)10-11-3-5-12(15)6-4-11/h3-6,15H,2,7-10H2,1H3,(H,14,16). The highest BCUT2D eigenvalue weighted by Gasteiger charge is 2.02. The van der Waals surface area contributed by atoms with Crippen LogP contribution in [0.15, 0.2) is 24.3 Å². The summed E-state index contributed by atoms with van der Waals surface area (Å²) < 4.78 is 0.